The highest BCUT2D eigenvalue weighted by atomic mass is 32.1. The third-order valence-electron chi connectivity index (χ3n) is 21.7. The molecule has 7 heterocycles. The predicted octanol–water partition coefficient (Wildman–Crippen LogP) is 27.7. The van der Waals surface area contributed by atoms with Crippen LogP contribution in [0.25, 0.3) is 220 Å². The molecule has 0 saturated carbocycles. The Morgan fingerprint density at radius 2 is 0.475 bits per heavy atom. The maximum Gasteiger partial charge on any atom is 0.164 e. The number of thiophene rings is 2. The van der Waals surface area contributed by atoms with Gasteiger partial charge in [0.15, 0.2) is 40.6 Å². The molecule has 7 aromatic heterocycles. The van der Waals surface area contributed by atoms with Gasteiger partial charge in [0.1, 0.15) is 10.3 Å². The lowest BCUT2D eigenvalue weighted by Gasteiger charge is -2.10. The van der Waals surface area contributed by atoms with Gasteiger partial charge >= 0.3 is 0 Å². The molecular formula is C106H66N10S2. The Labute approximate surface area is 688 Å². The van der Waals surface area contributed by atoms with Gasteiger partial charge in [0.25, 0.3) is 0 Å². The molecule has 0 atom stereocenters. The zero-order chi connectivity index (χ0) is 78.2. The summed E-state index contributed by atoms with van der Waals surface area (Å²) >= 11 is 3.49. The molecule has 15 aromatic carbocycles. The lowest BCUT2D eigenvalue weighted by Crippen LogP contribution is -2.00. The van der Waals surface area contributed by atoms with Gasteiger partial charge in [-0.25, -0.2) is 49.8 Å². The molecule has 0 radical (unpaired) electrons. The van der Waals surface area contributed by atoms with Crippen molar-refractivity contribution in [1.82, 2.24) is 49.8 Å². The Kier molecular flexibility index (Phi) is 18.4. The monoisotopic (exact) mass is 1540 g/mol. The van der Waals surface area contributed by atoms with Gasteiger partial charge < -0.3 is 0 Å². The number of hydrogen-bond donors (Lipinski definition) is 0. The van der Waals surface area contributed by atoms with Crippen molar-refractivity contribution >= 4 is 85.3 Å². The zero-order valence-corrected chi connectivity index (χ0v) is 65.0. The van der Waals surface area contributed by atoms with Crippen LogP contribution in [0.4, 0.5) is 0 Å². The van der Waals surface area contributed by atoms with Crippen LogP contribution in [-0.2, 0) is 0 Å². The second-order valence-corrected chi connectivity index (χ2v) is 31.1. The minimum Gasteiger partial charge on any atom is -0.243 e. The maximum atomic E-state index is 5.08. The Hall–Kier alpha value is -15.3. The van der Waals surface area contributed by atoms with E-state index in [1.165, 1.54) is 36.0 Å². The van der Waals surface area contributed by atoms with E-state index in [-0.39, 0.29) is 0 Å². The van der Waals surface area contributed by atoms with E-state index in [1.54, 1.807) is 22.7 Å². The van der Waals surface area contributed by atoms with E-state index >= 15 is 0 Å². The second kappa shape index (κ2) is 30.9. The number of hydrogen-bond acceptors (Lipinski definition) is 12. The molecule has 0 aliphatic heterocycles. The summed E-state index contributed by atoms with van der Waals surface area (Å²) in [5, 5.41) is 4.73. The fourth-order valence-corrected chi connectivity index (χ4v) is 17.7. The van der Waals surface area contributed by atoms with E-state index in [1.807, 2.05) is 85.1 Å². The summed E-state index contributed by atoms with van der Waals surface area (Å²) in [4.78, 5) is 50.4. The van der Waals surface area contributed by atoms with Crippen molar-refractivity contribution in [3.63, 3.8) is 0 Å². The smallest absolute Gasteiger partial charge is 0.164 e. The molecule has 552 valence electrons. The van der Waals surface area contributed by atoms with Crippen molar-refractivity contribution in [2.45, 2.75) is 0 Å². The summed E-state index contributed by atoms with van der Waals surface area (Å²) in [6.45, 7) is 0. The van der Waals surface area contributed by atoms with E-state index in [0.29, 0.717) is 34.9 Å². The molecule has 0 unspecified atom stereocenters. The topological polar surface area (TPSA) is 129 Å². The van der Waals surface area contributed by atoms with Crippen LogP contribution in [-0.4, -0.2) is 49.8 Å². The van der Waals surface area contributed by atoms with Crippen LogP contribution in [0.15, 0.2) is 401 Å². The standard InChI is InChI=1S/2C53H33N5S/c1-3-10-34(11-4-1)35-23-29-42(30-24-35)51-56-50(41-12-5-2-6-13-41)57-52(58-51)43-31-25-39(26-32-43)37-19-17-36(18-20-37)38-21-27-40(28-22-38)48-49-47(44-14-7-8-16-46(44)59-49)45-15-9-33-54-53(45)55-48;1-3-9-34(10-4-1)35-23-27-42(28-24-35)51-56-50(41-11-5-2-6-12-41)57-52(58-51)43-29-25-39(26-30-43)37-17-15-36(16-18-37)38-19-21-40(22-20-38)44-31-32-46-47(33-44)54-49-45-13-7-8-14-48(45)59-53(49)55-46/h2*1-33H. The van der Waals surface area contributed by atoms with Gasteiger partial charge in [-0.2, -0.15) is 0 Å². The van der Waals surface area contributed by atoms with Gasteiger partial charge in [-0.3, -0.25) is 0 Å². The third-order valence-corrected chi connectivity index (χ3v) is 23.9. The van der Waals surface area contributed by atoms with Crippen LogP contribution in [0.5, 0.6) is 0 Å². The molecule has 10 nitrogen and oxygen atoms in total. The average Bonchev–Trinajstić information content (AvgIpc) is 1.62. The highest BCUT2D eigenvalue weighted by Crippen LogP contribution is 2.44. The quantitative estimate of drug-likeness (QED) is 0.104. The van der Waals surface area contributed by atoms with E-state index in [9.17, 15) is 0 Å². The number of aromatic nitrogens is 10. The molecule has 0 aliphatic rings. The molecule has 118 heavy (non-hydrogen) atoms. The van der Waals surface area contributed by atoms with Crippen molar-refractivity contribution in [1.29, 1.82) is 0 Å². The number of fused-ring (bicyclic) bond motifs is 9. The van der Waals surface area contributed by atoms with Gasteiger partial charge in [0.2, 0.25) is 0 Å². The first-order chi connectivity index (χ1) is 58.4. The van der Waals surface area contributed by atoms with Crippen LogP contribution < -0.4 is 0 Å². The maximum absolute atomic E-state index is 5.08. The lowest BCUT2D eigenvalue weighted by molar-refractivity contribution is 1.07. The van der Waals surface area contributed by atoms with Crippen molar-refractivity contribution in [2.75, 3.05) is 0 Å². The van der Waals surface area contributed by atoms with E-state index in [2.05, 4.69) is 320 Å². The molecule has 0 spiro atoms. The van der Waals surface area contributed by atoms with Gasteiger partial charge in [0.05, 0.1) is 21.4 Å². The van der Waals surface area contributed by atoms with E-state index in [0.717, 1.165) is 149 Å². The number of pyridine rings is 2. The fourth-order valence-electron chi connectivity index (χ4n) is 15.4. The molecule has 12 heteroatoms. The first-order valence-electron chi connectivity index (χ1n) is 39.1. The lowest BCUT2D eigenvalue weighted by atomic mass is 9.97. The fraction of sp³-hybridized carbons (Fsp3) is 0. The van der Waals surface area contributed by atoms with Gasteiger partial charge in [0, 0.05) is 76.1 Å². The molecule has 0 aliphatic carbocycles. The first kappa shape index (κ1) is 70.5. The third kappa shape index (κ3) is 14.1. The SMILES string of the molecule is c1ccc(-c2ccc(-c3nc(-c4ccccc4)nc(-c4ccc(-c5ccc(-c6ccc(-c7ccc8nc9sc%10ccccc%10c9nc8c7)cc6)cc5)cc4)n3)cc2)cc1.c1ccc(-c2ccc(-c3nc(-c4ccccc4)nc(-c4ccc(-c5ccc(-c6ccc(-c7nc8ncccc8c8c7sc7ccccc78)cc6)cc5)cc4)n3)cc2)cc1. The summed E-state index contributed by atoms with van der Waals surface area (Å²) in [6, 6.07) is 137. The Morgan fingerprint density at radius 3 is 0.864 bits per heavy atom. The molecule has 0 N–H and O–H groups in total. The molecule has 0 saturated heterocycles. The van der Waals surface area contributed by atoms with Gasteiger partial charge in [-0.15, -0.1) is 22.7 Å². The van der Waals surface area contributed by atoms with Crippen LogP contribution in [0.3, 0.4) is 0 Å². The normalized spacial score (nSPS) is 11.4. The Morgan fingerprint density at radius 1 is 0.186 bits per heavy atom. The number of nitrogens with zero attached hydrogens (tertiary/aromatic N) is 10. The Bertz CT molecular complexity index is 7440. The van der Waals surface area contributed by atoms with Gasteiger partial charge in [-0.05, 0) is 114 Å². The number of benzene rings is 15. The molecule has 22 rings (SSSR count). The highest BCUT2D eigenvalue weighted by molar-refractivity contribution is 7.26. The summed E-state index contributed by atoms with van der Waals surface area (Å²) < 4.78 is 3.66. The molecular weight excluding hydrogens is 1480 g/mol. The largest absolute Gasteiger partial charge is 0.243 e. The van der Waals surface area contributed by atoms with E-state index in [4.69, 9.17) is 44.9 Å². The van der Waals surface area contributed by atoms with Crippen molar-refractivity contribution < 1.29 is 0 Å². The summed E-state index contributed by atoms with van der Waals surface area (Å²) in [5.74, 6) is 3.84. The van der Waals surface area contributed by atoms with Crippen LogP contribution in [0.1, 0.15) is 0 Å². The Balaban J connectivity index is 0.000000147. The van der Waals surface area contributed by atoms with Crippen LogP contribution >= 0.6 is 22.7 Å². The summed E-state index contributed by atoms with van der Waals surface area (Å²) in [5.41, 5.74) is 27.3. The molecule has 0 amide bonds. The van der Waals surface area contributed by atoms with E-state index < -0.39 is 0 Å². The predicted molar refractivity (Wildman–Crippen MR) is 488 cm³/mol. The van der Waals surface area contributed by atoms with Crippen molar-refractivity contribution in [2.24, 2.45) is 0 Å². The van der Waals surface area contributed by atoms with Gasteiger partial charge in [-0.1, -0.05) is 358 Å². The minimum absolute atomic E-state index is 0.634. The second-order valence-electron chi connectivity index (χ2n) is 29.0. The van der Waals surface area contributed by atoms with Crippen molar-refractivity contribution in [3.05, 3.63) is 401 Å². The van der Waals surface area contributed by atoms with Crippen molar-refractivity contribution in [3.8, 4) is 157 Å². The molecule has 0 fully saturated rings. The average molecular weight is 1540 g/mol. The minimum atomic E-state index is 0.634. The summed E-state index contributed by atoms with van der Waals surface area (Å²) in [7, 11) is 0. The van der Waals surface area contributed by atoms with Crippen LogP contribution in [0, 0.1) is 0 Å². The highest BCUT2D eigenvalue weighted by Gasteiger charge is 2.20. The number of rotatable bonds is 14. The molecule has 0 bridgehead atoms. The molecule has 22 aromatic rings. The van der Waals surface area contributed by atoms with Crippen LogP contribution in [0.2, 0.25) is 0 Å². The summed E-state index contributed by atoms with van der Waals surface area (Å²) in [6.07, 6.45) is 1.82. The first-order valence-corrected chi connectivity index (χ1v) is 40.8. The zero-order valence-electron chi connectivity index (χ0n) is 63.4.